The van der Waals surface area contributed by atoms with Crippen LogP contribution in [0.4, 0.5) is 0 Å². The molecule has 16 heavy (non-hydrogen) atoms. The predicted molar refractivity (Wildman–Crippen MR) is 62.6 cm³/mol. The Morgan fingerprint density at radius 1 is 1.31 bits per heavy atom. The second kappa shape index (κ2) is 8.10. The summed E-state index contributed by atoms with van der Waals surface area (Å²) in [6.45, 7) is 2.66. The molecule has 90 valence electrons. The Morgan fingerprint density at radius 2 is 2.19 bits per heavy atom. The van der Waals surface area contributed by atoms with Gasteiger partial charge >= 0.3 is 0 Å². The molecule has 0 radical (unpaired) electrons. The van der Waals surface area contributed by atoms with Gasteiger partial charge in [0.25, 0.3) is 0 Å². The first kappa shape index (κ1) is 13.0. The van der Waals surface area contributed by atoms with Gasteiger partial charge in [-0.25, -0.2) is 0 Å². The zero-order valence-corrected chi connectivity index (χ0v) is 9.61. The van der Waals surface area contributed by atoms with Gasteiger partial charge in [0.15, 0.2) is 0 Å². The zero-order valence-electron chi connectivity index (χ0n) is 9.61. The van der Waals surface area contributed by atoms with Crippen LogP contribution in [0.15, 0.2) is 24.3 Å². The lowest BCUT2D eigenvalue weighted by Gasteiger charge is -2.06. The normalized spacial score (nSPS) is 10.4. The van der Waals surface area contributed by atoms with Gasteiger partial charge in [-0.05, 0) is 17.7 Å². The van der Waals surface area contributed by atoms with Crippen LogP contribution in [0.1, 0.15) is 5.56 Å². The van der Waals surface area contributed by atoms with Crippen LogP contribution in [0.5, 0.6) is 5.75 Å². The van der Waals surface area contributed by atoms with Crippen molar-refractivity contribution in [2.24, 2.45) is 0 Å². The summed E-state index contributed by atoms with van der Waals surface area (Å²) in [6, 6.07) is 7.94. The number of nitrogens with one attached hydrogen (secondary N) is 1. The maximum absolute atomic E-state index is 8.50. The molecule has 4 heteroatoms. The van der Waals surface area contributed by atoms with Crippen molar-refractivity contribution in [3.8, 4) is 5.75 Å². The minimum atomic E-state index is 0.0793. The molecule has 0 atom stereocenters. The van der Waals surface area contributed by atoms with Gasteiger partial charge in [-0.2, -0.15) is 0 Å². The lowest BCUT2D eigenvalue weighted by atomic mass is 10.2. The molecule has 0 amide bonds. The summed E-state index contributed by atoms with van der Waals surface area (Å²) < 4.78 is 10.3. The Balaban J connectivity index is 2.16. The van der Waals surface area contributed by atoms with Crippen LogP contribution in [0.3, 0.4) is 0 Å². The summed E-state index contributed by atoms with van der Waals surface area (Å²) in [5.74, 6) is 0.871. The molecule has 4 nitrogen and oxygen atoms in total. The van der Waals surface area contributed by atoms with E-state index in [1.165, 1.54) is 5.56 Å². The monoisotopic (exact) mass is 225 g/mol. The number of hydrogen-bond acceptors (Lipinski definition) is 4. The molecule has 1 rings (SSSR count). The third-order valence-electron chi connectivity index (χ3n) is 2.12. The highest BCUT2D eigenvalue weighted by Crippen LogP contribution is 2.11. The summed E-state index contributed by atoms with van der Waals surface area (Å²) in [5, 5.41) is 11.7. The fourth-order valence-corrected chi connectivity index (χ4v) is 1.33. The number of benzene rings is 1. The van der Waals surface area contributed by atoms with Gasteiger partial charge in [-0.3, -0.25) is 0 Å². The first-order valence-electron chi connectivity index (χ1n) is 5.39. The van der Waals surface area contributed by atoms with Crippen LogP contribution in [0.2, 0.25) is 0 Å². The number of methoxy groups -OCH3 is 1. The van der Waals surface area contributed by atoms with E-state index in [1.54, 1.807) is 7.11 Å². The predicted octanol–water partition coefficient (Wildman–Crippen LogP) is 0.794. The lowest BCUT2D eigenvalue weighted by molar-refractivity contribution is 0.0938. The van der Waals surface area contributed by atoms with Crippen molar-refractivity contribution in [2.45, 2.75) is 6.54 Å². The SMILES string of the molecule is COc1cccc(CNCCOCCO)c1. The van der Waals surface area contributed by atoms with Crippen molar-refractivity contribution in [1.82, 2.24) is 5.32 Å². The highest BCUT2D eigenvalue weighted by atomic mass is 16.5. The van der Waals surface area contributed by atoms with Gasteiger partial charge in [0.2, 0.25) is 0 Å². The summed E-state index contributed by atoms with van der Waals surface area (Å²) in [5.41, 5.74) is 1.18. The fraction of sp³-hybridized carbons (Fsp3) is 0.500. The number of aliphatic hydroxyl groups excluding tert-OH is 1. The summed E-state index contributed by atoms with van der Waals surface area (Å²) in [7, 11) is 1.66. The molecule has 0 heterocycles. The van der Waals surface area contributed by atoms with Crippen molar-refractivity contribution in [2.75, 3.05) is 33.5 Å². The molecule has 0 saturated carbocycles. The summed E-state index contributed by atoms with van der Waals surface area (Å²) in [6.07, 6.45) is 0. The van der Waals surface area contributed by atoms with E-state index in [4.69, 9.17) is 14.6 Å². The third-order valence-corrected chi connectivity index (χ3v) is 2.12. The van der Waals surface area contributed by atoms with E-state index in [0.29, 0.717) is 13.2 Å². The second-order valence-corrected chi connectivity index (χ2v) is 3.36. The molecule has 0 aliphatic rings. The standard InChI is InChI=1S/C12H19NO3/c1-15-12-4-2-3-11(9-12)10-13-5-7-16-8-6-14/h2-4,9,13-14H,5-8,10H2,1H3. The molecule has 0 aliphatic heterocycles. The van der Waals surface area contributed by atoms with E-state index in [0.717, 1.165) is 18.8 Å². The molecule has 0 aromatic heterocycles. The Kier molecular flexibility index (Phi) is 6.56. The van der Waals surface area contributed by atoms with Crippen LogP contribution in [0, 0.1) is 0 Å². The Bertz CT molecular complexity index is 291. The van der Waals surface area contributed by atoms with Gasteiger partial charge < -0.3 is 19.9 Å². The van der Waals surface area contributed by atoms with Crippen molar-refractivity contribution in [3.05, 3.63) is 29.8 Å². The van der Waals surface area contributed by atoms with Gasteiger partial charge in [0, 0.05) is 13.1 Å². The highest BCUT2D eigenvalue weighted by Gasteiger charge is 1.95. The van der Waals surface area contributed by atoms with E-state index in [1.807, 2.05) is 24.3 Å². The summed E-state index contributed by atoms with van der Waals surface area (Å²) >= 11 is 0. The van der Waals surface area contributed by atoms with E-state index < -0.39 is 0 Å². The van der Waals surface area contributed by atoms with E-state index in [2.05, 4.69) is 5.32 Å². The molecule has 2 N–H and O–H groups in total. The van der Waals surface area contributed by atoms with Crippen molar-refractivity contribution in [3.63, 3.8) is 0 Å². The minimum absolute atomic E-state index is 0.0793. The van der Waals surface area contributed by atoms with Crippen LogP contribution in [-0.4, -0.2) is 38.6 Å². The van der Waals surface area contributed by atoms with Crippen molar-refractivity contribution < 1.29 is 14.6 Å². The van der Waals surface area contributed by atoms with Crippen LogP contribution >= 0.6 is 0 Å². The minimum Gasteiger partial charge on any atom is -0.497 e. The van der Waals surface area contributed by atoms with E-state index in [-0.39, 0.29) is 6.61 Å². The summed E-state index contributed by atoms with van der Waals surface area (Å²) in [4.78, 5) is 0. The van der Waals surface area contributed by atoms with Crippen LogP contribution in [0.25, 0.3) is 0 Å². The maximum atomic E-state index is 8.50. The molecule has 1 aromatic carbocycles. The lowest BCUT2D eigenvalue weighted by Crippen LogP contribution is -2.19. The zero-order chi connectivity index (χ0) is 11.6. The van der Waals surface area contributed by atoms with Gasteiger partial charge in [-0.1, -0.05) is 12.1 Å². The first-order chi connectivity index (χ1) is 7.86. The third kappa shape index (κ3) is 5.11. The number of ether oxygens (including phenoxy) is 2. The molecule has 0 saturated heterocycles. The fourth-order valence-electron chi connectivity index (χ4n) is 1.33. The largest absolute Gasteiger partial charge is 0.497 e. The molecular weight excluding hydrogens is 206 g/mol. The quantitative estimate of drug-likeness (QED) is 0.642. The number of aliphatic hydroxyl groups is 1. The molecule has 0 spiro atoms. The Morgan fingerprint density at radius 3 is 2.94 bits per heavy atom. The van der Waals surface area contributed by atoms with Crippen molar-refractivity contribution in [1.29, 1.82) is 0 Å². The topological polar surface area (TPSA) is 50.7 Å². The molecular formula is C12H19NO3. The molecule has 0 aliphatic carbocycles. The van der Waals surface area contributed by atoms with Crippen molar-refractivity contribution >= 4 is 0 Å². The average Bonchev–Trinajstić information content (AvgIpc) is 2.34. The number of hydrogen-bond donors (Lipinski definition) is 2. The Labute approximate surface area is 96.2 Å². The van der Waals surface area contributed by atoms with Crippen LogP contribution < -0.4 is 10.1 Å². The maximum Gasteiger partial charge on any atom is 0.119 e. The molecule has 0 unspecified atom stereocenters. The Hall–Kier alpha value is -1.10. The smallest absolute Gasteiger partial charge is 0.119 e. The second-order valence-electron chi connectivity index (χ2n) is 3.36. The van der Waals surface area contributed by atoms with Gasteiger partial charge in [0.05, 0.1) is 26.9 Å². The average molecular weight is 225 g/mol. The molecule has 0 fully saturated rings. The van der Waals surface area contributed by atoms with E-state index in [9.17, 15) is 0 Å². The van der Waals surface area contributed by atoms with Gasteiger partial charge in [0.1, 0.15) is 5.75 Å². The number of rotatable bonds is 8. The molecule has 1 aromatic rings. The van der Waals surface area contributed by atoms with E-state index >= 15 is 0 Å². The first-order valence-corrected chi connectivity index (χ1v) is 5.39. The van der Waals surface area contributed by atoms with Gasteiger partial charge in [-0.15, -0.1) is 0 Å². The van der Waals surface area contributed by atoms with Crippen LogP contribution in [-0.2, 0) is 11.3 Å². The molecule has 0 bridgehead atoms. The highest BCUT2D eigenvalue weighted by molar-refractivity contribution is 5.28.